The van der Waals surface area contributed by atoms with E-state index in [1.807, 2.05) is 4.90 Å². The lowest BCUT2D eigenvalue weighted by molar-refractivity contribution is -0.124. The van der Waals surface area contributed by atoms with Gasteiger partial charge in [0.25, 0.3) is 0 Å². The lowest BCUT2D eigenvalue weighted by Gasteiger charge is -2.35. The van der Waals surface area contributed by atoms with Crippen molar-refractivity contribution in [2.45, 2.75) is 19.4 Å². The van der Waals surface area contributed by atoms with Crippen LogP contribution in [0.4, 0.5) is 11.6 Å². The predicted octanol–water partition coefficient (Wildman–Crippen LogP) is 0.250. The predicted molar refractivity (Wildman–Crippen MR) is 76.8 cm³/mol. The summed E-state index contributed by atoms with van der Waals surface area (Å²) in [5.41, 5.74) is 0. The normalized spacial score (nSPS) is 18.7. The van der Waals surface area contributed by atoms with Gasteiger partial charge in [0.2, 0.25) is 5.91 Å². The second kappa shape index (κ2) is 7.04. The van der Waals surface area contributed by atoms with Gasteiger partial charge in [-0.15, -0.1) is 0 Å². The SMILES string of the molecule is CCCNc1cncc(N2CCOCC2C(=O)NC)n1. The Morgan fingerprint density at radius 3 is 3.15 bits per heavy atom. The lowest BCUT2D eigenvalue weighted by atomic mass is 10.2. The van der Waals surface area contributed by atoms with E-state index in [9.17, 15) is 4.79 Å². The Labute approximate surface area is 118 Å². The Bertz CT molecular complexity index is 454. The zero-order chi connectivity index (χ0) is 14.4. The topological polar surface area (TPSA) is 79.4 Å². The number of hydrogen-bond donors (Lipinski definition) is 2. The van der Waals surface area contributed by atoms with Crippen LogP contribution < -0.4 is 15.5 Å². The summed E-state index contributed by atoms with van der Waals surface area (Å²) >= 11 is 0. The first kappa shape index (κ1) is 14.5. The molecular weight excluding hydrogens is 258 g/mol. The highest BCUT2D eigenvalue weighted by Gasteiger charge is 2.30. The molecule has 0 aromatic carbocycles. The highest BCUT2D eigenvalue weighted by molar-refractivity contribution is 5.85. The zero-order valence-corrected chi connectivity index (χ0v) is 11.9. The van der Waals surface area contributed by atoms with Gasteiger partial charge < -0.3 is 20.3 Å². The molecule has 2 N–H and O–H groups in total. The van der Waals surface area contributed by atoms with Gasteiger partial charge in [0.1, 0.15) is 17.7 Å². The molecule has 0 saturated carbocycles. The summed E-state index contributed by atoms with van der Waals surface area (Å²) in [4.78, 5) is 22.6. The first-order valence-electron chi connectivity index (χ1n) is 6.88. The van der Waals surface area contributed by atoms with E-state index in [1.165, 1.54) is 0 Å². The summed E-state index contributed by atoms with van der Waals surface area (Å²) in [5.74, 6) is 1.35. The maximum Gasteiger partial charge on any atom is 0.244 e. The molecule has 0 aliphatic carbocycles. The molecule has 1 atom stereocenters. The largest absolute Gasteiger partial charge is 0.377 e. The molecule has 7 nitrogen and oxygen atoms in total. The van der Waals surface area contributed by atoms with Gasteiger partial charge in [-0.3, -0.25) is 9.78 Å². The first-order chi connectivity index (χ1) is 9.76. The van der Waals surface area contributed by atoms with E-state index in [0.29, 0.717) is 25.6 Å². The van der Waals surface area contributed by atoms with E-state index in [4.69, 9.17) is 4.74 Å². The molecule has 0 spiro atoms. The summed E-state index contributed by atoms with van der Waals surface area (Å²) in [6, 6.07) is -0.357. The van der Waals surface area contributed by atoms with Gasteiger partial charge >= 0.3 is 0 Å². The maximum absolute atomic E-state index is 11.9. The number of amides is 1. The number of carbonyl (C=O) groups is 1. The van der Waals surface area contributed by atoms with Gasteiger partial charge in [-0.25, -0.2) is 4.98 Å². The quantitative estimate of drug-likeness (QED) is 0.804. The fraction of sp³-hybridized carbons (Fsp3) is 0.615. The highest BCUT2D eigenvalue weighted by Crippen LogP contribution is 2.18. The molecule has 2 rings (SSSR count). The number of nitrogens with zero attached hydrogens (tertiary/aromatic N) is 3. The lowest BCUT2D eigenvalue weighted by Crippen LogP contribution is -2.53. The van der Waals surface area contributed by atoms with Crippen LogP contribution >= 0.6 is 0 Å². The Hall–Kier alpha value is -1.89. The number of ether oxygens (including phenoxy) is 1. The van der Waals surface area contributed by atoms with Gasteiger partial charge in [-0.2, -0.15) is 0 Å². The molecule has 1 unspecified atom stereocenters. The standard InChI is InChI=1S/C13H21N5O2/c1-3-4-16-11-7-15-8-12(17-11)18-5-6-20-9-10(18)13(19)14-2/h7-8,10H,3-6,9H2,1-2H3,(H,14,19)(H,16,17). The average Bonchev–Trinajstić information content (AvgIpc) is 2.52. The minimum atomic E-state index is -0.357. The number of anilines is 2. The Kier molecular flexibility index (Phi) is 5.11. The third-order valence-electron chi connectivity index (χ3n) is 3.15. The molecule has 110 valence electrons. The molecule has 1 amide bonds. The molecular formula is C13H21N5O2. The van der Waals surface area contributed by atoms with Crippen LogP contribution in [0.5, 0.6) is 0 Å². The molecule has 1 aromatic rings. The smallest absolute Gasteiger partial charge is 0.244 e. The van der Waals surface area contributed by atoms with Crippen LogP contribution in [0.2, 0.25) is 0 Å². The monoisotopic (exact) mass is 279 g/mol. The first-order valence-corrected chi connectivity index (χ1v) is 6.88. The van der Waals surface area contributed by atoms with Crippen molar-refractivity contribution in [3.8, 4) is 0 Å². The van der Waals surface area contributed by atoms with E-state index in [1.54, 1.807) is 19.4 Å². The van der Waals surface area contributed by atoms with Crippen molar-refractivity contribution in [1.82, 2.24) is 15.3 Å². The minimum absolute atomic E-state index is 0.0709. The van der Waals surface area contributed by atoms with Crippen LogP contribution in [0.25, 0.3) is 0 Å². The highest BCUT2D eigenvalue weighted by atomic mass is 16.5. The summed E-state index contributed by atoms with van der Waals surface area (Å²) in [5, 5.41) is 5.86. The van der Waals surface area contributed by atoms with Crippen molar-refractivity contribution in [2.24, 2.45) is 0 Å². The third kappa shape index (κ3) is 3.36. The van der Waals surface area contributed by atoms with Crippen LogP contribution in [-0.2, 0) is 9.53 Å². The number of hydrogen-bond acceptors (Lipinski definition) is 6. The molecule has 7 heteroatoms. The average molecular weight is 279 g/mol. The summed E-state index contributed by atoms with van der Waals surface area (Å²) < 4.78 is 5.39. The molecule has 1 saturated heterocycles. The fourth-order valence-electron chi connectivity index (χ4n) is 2.09. The van der Waals surface area contributed by atoms with Crippen molar-refractivity contribution in [1.29, 1.82) is 0 Å². The minimum Gasteiger partial charge on any atom is -0.377 e. The molecule has 1 aromatic heterocycles. The van der Waals surface area contributed by atoms with E-state index in [-0.39, 0.29) is 11.9 Å². The summed E-state index contributed by atoms with van der Waals surface area (Å²) in [7, 11) is 1.63. The molecule has 1 fully saturated rings. The van der Waals surface area contributed by atoms with E-state index in [0.717, 1.165) is 18.8 Å². The summed E-state index contributed by atoms with van der Waals surface area (Å²) in [6.07, 6.45) is 4.39. The second-order valence-electron chi connectivity index (χ2n) is 4.59. The van der Waals surface area contributed by atoms with Gasteiger partial charge in [0.15, 0.2) is 0 Å². The van der Waals surface area contributed by atoms with Crippen LogP contribution in [0.15, 0.2) is 12.4 Å². The van der Waals surface area contributed by atoms with Crippen molar-refractivity contribution < 1.29 is 9.53 Å². The van der Waals surface area contributed by atoms with Crippen LogP contribution in [0, 0.1) is 0 Å². The van der Waals surface area contributed by atoms with Crippen molar-refractivity contribution in [3.05, 3.63) is 12.4 Å². The van der Waals surface area contributed by atoms with Crippen LogP contribution in [0.1, 0.15) is 13.3 Å². The molecule has 1 aliphatic rings. The van der Waals surface area contributed by atoms with Crippen molar-refractivity contribution in [2.75, 3.05) is 43.6 Å². The van der Waals surface area contributed by atoms with E-state index < -0.39 is 0 Å². The second-order valence-corrected chi connectivity index (χ2v) is 4.59. The molecule has 0 bridgehead atoms. The van der Waals surface area contributed by atoms with Gasteiger partial charge in [-0.1, -0.05) is 6.92 Å². The zero-order valence-electron chi connectivity index (χ0n) is 11.9. The number of morpholine rings is 1. The van der Waals surface area contributed by atoms with Crippen LogP contribution in [-0.4, -0.2) is 55.3 Å². The Morgan fingerprint density at radius 1 is 1.55 bits per heavy atom. The van der Waals surface area contributed by atoms with Gasteiger partial charge in [0, 0.05) is 20.1 Å². The maximum atomic E-state index is 11.9. The Morgan fingerprint density at radius 2 is 2.40 bits per heavy atom. The summed E-state index contributed by atoms with van der Waals surface area (Å²) in [6.45, 7) is 4.52. The van der Waals surface area contributed by atoms with Crippen LogP contribution in [0.3, 0.4) is 0 Å². The molecule has 2 heterocycles. The Balaban J connectivity index is 2.16. The van der Waals surface area contributed by atoms with Gasteiger partial charge in [-0.05, 0) is 6.42 Å². The van der Waals surface area contributed by atoms with E-state index >= 15 is 0 Å². The third-order valence-corrected chi connectivity index (χ3v) is 3.15. The molecule has 0 radical (unpaired) electrons. The number of nitrogens with one attached hydrogen (secondary N) is 2. The fourth-order valence-corrected chi connectivity index (χ4v) is 2.09. The molecule has 1 aliphatic heterocycles. The van der Waals surface area contributed by atoms with Crippen molar-refractivity contribution >= 4 is 17.5 Å². The number of rotatable bonds is 5. The molecule has 20 heavy (non-hydrogen) atoms. The van der Waals surface area contributed by atoms with Crippen molar-refractivity contribution in [3.63, 3.8) is 0 Å². The number of carbonyl (C=O) groups excluding carboxylic acids is 1. The number of aromatic nitrogens is 2. The van der Waals surface area contributed by atoms with Gasteiger partial charge in [0.05, 0.1) is 25.6 Å². The number of likely N-dealkylation sites (N-methyl/N-ethyl adjacent to an activating group) is 1. The van der Waals surface area contributed by atoms with E-state index in [2.05, 4.69) is 27.5 Å².